The number of hydrogen-bond donors (Lipinski definition) is 1. The molecule has 0 radical (unpaired) electrons. The van der Waals surface area contributed by atoms with Crippen molar-refractivity contribution in [3.8, 4) is 22.1 Å². The highest BCUT2D eigenvalue weighted by molar-refractivity contribution is 7.19. The lowest BCUT2D eigenvalue weighted by atomic mass is 10.2. The zero-order valence-electron chi connectivity index (χ0n) is 15.0. The third-order valence-corrected chi connectivity index (χ3v) is 5.94. The molecule has 0 bridgehead atoms. The molecule has 140 valence electrons. The zero-order chi connectivity index (χ0) is 18.2. The number of benzene rings is 1. The molecule has 3 aromatic rings. The highest BCUT2D eigenvalue weighted by atomic mass is 32.1. The molecule has 0 aliphatic carbocycles. The van der Waals surface area contributed by atoms with Gasteiger partial charge in [0.1, 0.15) is 5.69 Å². The second-order valence-electron chi connectivity index (χ2n) is 6.67. The Kier molecular flexibility index (Phi) is 4.21. The van der Waals surface area contributed by atoms with E-state index in [0.29, 0.717) is 19.4 Å². The predicted octanol–water partition coefficient (Wildman–Crippen LogP) is 3.62. The van der Waals surface area contributed by atoms with Gasteiger partial charge in [-0.1, -0.05) is 17.4 Å². The van der Waals surface area contributed by atoms with Crippen molar-refractivity contribution in [1.82, 2.24) is 14.8 Å². The van der Waals surface area contributed by atoms with Crippen LogP contribution in [0.3, 0.4) is 0 Å². The fourth-order valence-electron chi connectivity index (χ4n) is 3.33. The van der Waals surface area contributed by atoms with Gasteiger partial charge in [-0.15, -0.1) is 0 Å². The molecule has 0 unspecified atom stereocenters. The highest BCUT2D eigenvalue weighted by Gasteiger charge is 2.20. The summed E-state index contributed by atoms with van der Waals surface area (Å²) < 4.78 is 18.3. The lowest BCUT2D eigenvalue weighted by Gasteiger charge is -2.06. The standard InChI is InChI=1S/C19H20N4O3S/c1-12-18(15-4-6-23(22-15)14-5-7-24-10-14)27-19(21-12)20-9-13-2-3-16-17(8-13)26-11-25-16/h2-4,6,8,14H,5,7,9-11H2,1H3,(H,20,21)/t14-/m0/s1. The van der Waals surface area contributed by atoms with E-state index in [2.05, 4.69) is 16.4 Å². The van der Waals surface area contributed by atoms with Crippen LogP contribution < -0.4 is 14.8 Å². The van der Waals surface area contributed by atoms with Crippen LogP contribution in [-0.4, -0.2) is 34.8 Å². The minimum atomic E-state index is 0.293. The van der Waals surface area contributed by atoms with Gasteiger partial charge in [-0.3, -0.25) is 4.68 Å². The van der Waals surface area contributed by atoms with Crippen molar-refractivity contribution < 1.29 is 14.2 Å². The van der Waals surface area contributed by atoms with E-state index in [-0.39, 0.29) is 0 Å². The molecule has 0 saturated carbocycles. The van der Waals surface area contributed by atoms with Crippen molar-refractivity contribution in [2.75, 3.05) is 25.3 Å². The van der Waals surface area contributed by atoms with Crippen molar-refractivity contribution in [3.63, 3.8) is 0 Å². The molecule has 1 N–H and O–H groups in total. The van der Waals surface area contributed by atoms with Crippen molar-refractivity contribution in [1.29, 1.82) is 0 Å². The van der Waals surface area contributed by atoms with Crippen LogP contribution >= 0.6 is 11.3 Å². The summed E-state index contributed by atoms with van der Waals surface area (Å²) in [5.41, 5.74) is 3.08. The van der Waals surface area contributed by atoms with Crippen LogP contribution in [0.1, 0.15) is 23.7 Å². The van der Waals surface area contributed by atoms with E-state index in [9.17, 15) is 0 Å². The number of nitrogens with one attached hydrogen (secondary N) is 1. The number of aryl methyl sites for hydroxylation is 1. The summed E-state index contributed by atoms with van der Waals surface area (Å²) in [5, 5.41) is 9.03. The van der Waals surface area contributed by atoms with E-state index in [4.69, 9.17) is 19.3 Å². The summed E-state index contributed by atoms with van der Waals surface area (Å²) in [5.74, 6) is 1.60. The first kappa shape index (κ1) is 16.6. The van der Waals surface area contributed by atoms with Gasteiger partial charge in [0, 0.05) is 19.3 Å². The molecule has 8 heteroatoms. The molecule has 2 aliphatic heterocycles. The molecule has 1 aromatic carbocycles. The molecule has 2 aliphatic rings. The highest BCUT2D eigenvalue weighted by Crippen LogP contribution is 2.34. The Morgan fingerprint density at radius 3 is 3.07 bits per heavy atom. The Balaban J connectivity index is 1.29. The predicted molar refractivity (Wildman–Crippen MR) is 102 cm³/mol. The smallest absolute Gasteiger partial charge is 0.231 e. The largest absolute Gasteiger partial charge is 0.454 e. The maximum absolute atomic E-state index is 5.46. The number of nitrogens with zero attached hydrogens (tertiary/aromatic N) is 3. The van der Waals surface area contributed by atoms with E-state index in [0.717, 1.165) is 58.1 Å². The normalized spacial score (nSPS) is 18.2. The summed E-state index contributed by atoms with van der Waals surface area (Å²) in [7, 11) is 0. The third-order valence-electron chi connectivity index (χ3n) is 4.80. The monoisotopic (exact) mass is 384 g/mol. The van der Waals surface area contributed by atoms with Gasteiger partial charge in [0.15, 0.2) is 16.6 Å². The summed E-state index contributed by atoms with van der Waals surface area (Å²) in [6.07, 6.45) is 3.05. The zero-order valence-corrected chi connectivity index (χ0v) is 15.8. The Morgan fingerprint density at radius 1 is 1.26 bits per heavy atom. The van der Waals surface area contributed by atoms with Crippen molar-refractivity contribution in [2.45, 2.75) is 25.9 Å². The fourth-order valence-corrected chi connectivity index (χ4v) is 4.26. The molecule has 1 fully saturated rings. The number of fused-ring (bicyclic) bond motifs is 1. The van der Waals surface area contributed by atoms with Gasteiger partial charge in [-0.25, -0.2) is 4.98 Å². The lowest BCUT2D eigenvalue weighted by Crippen LogP contribution is -2.08. The number of aromatic nitrogens is 3. The molecule has 7 nitrogen and oxygen atoms in total. The Hall–Kier alpha value is -2.58. The first-order valence-corrected chi connectivity index (χ1v) is 9.81. The van der Waals surface area contributed by atoms with Crippen molar-refractivity contribution in [3.05, 3.63) is 41.7 Å². The Morgan fingerprint density at radius 2 is 2.19 bits per heavy atom. The lowest BCUT2D eigenvalue weighted by molar-refractivity contribution is 0.174. The first-order valence-electron chi connectivity index (χ1n) is 8.99. The molecule has 0 spiro atoms. The molecular formula is C19H20N4O3S. The number of thiazole rings is 1. The van der Waals surface area contributed by atoms with E-state index in [1.165, 1.54) is 0 Å². The number of anilines is 1. The SMILES string of the molecule is Cc1nc(NCc2ccc3c(c2)OCO3)sc1-c1ccn([C@H]2CCOC2)n1. The molecule has 1 saturated heterocycles. The van der Waals surface area contributed by atoms with Crippen LogP contribution in [0.2, 0.25) is 0 Å². The van der Waals surface area contributed by atoms with Gasteiger partial charge in [0.2, 0.25) is 6.79 Å². The fraction of sp³-hybridized carbons (Fsp3) is 0.368. The quantitative estimate of drug-likeness (QED) is 0.725. The Labute approximate surface area is 160 Å². The summed E-state index contributed by atoms with van der Waals surface area (Å²) in [4.78, 5) is 5.76. The second-order valence-corrected chi connectivity index (χ2v) is 7.67. The molecule has 5 rings (SSSR count). The van der Waals surface area contributed by atoms with Gasteiger partial charge in [-0.2, -0.15) is 5.10 Å². The third kappa shape index (κ3) is 3.26. The van der Waals surface area contributed by atoms with E-state index in [1.54, 1.807) is 11.3 Å². The van der Waals surface area contributed by atoms with E-state index >= 15 is 0 Å². The maximum atomic E-state index is 5.46. The van der Waals surface area contributed by atoms with Gasteiger partial charge >= 0.3 is 0 Å². The van der Waals surface area contributed by atoms with E-state index < -0.39 is 0 Å². The van der Waals surface area contributed by atoms with Crippen LogP contribution in [0.4, 0.5) is 5.13 Å². The van der Waals surface area contributed by atoms with Gasteiger partial charge in [0.25, 0.3) is 0 Å². The molecule has 0 amide bonds. The number of ether oxygens (including phenoxy) is 3. The van der Waals surface area contributed by atoms with Gasteiger partial charge in [0.05, 0.1) is 23.2 Å². The van der Waals surface area contributed by atoms with Crippen LogP contribution in [0.5, 0.6) is 11.5 Å². The van der Waals surface area contributed by atoms with Gasteiger partial charge < -0.3 is 19.5 Å². The summed E-state index contributed by atoms with van der Waals surface area (Å²) >= 11 is 1.63. The topological polar surface area (TPSA) is 70.4 Å². The molecule has 27 heavy (non-hydrogen) atoms. The Bertz CT molecular complexity index is 962. The average molecular weight is 384 g/mol. The first-order chi connectivity index (χ1) is 13.3. The van der Waals surface area contributed by atoms with E-state index in [1.807, 2.05) is 36.0 Å². The molecule has 1 atom stereocenters. The summed E-state index contributed by atoms with van der Waals surface area (Å²) in [6.45, 7) is 4.55. The van der Waals surface area contributed by atoms with Crippen LogP contribution in [0, 0.1) is 6.92 Å². The number of rotatable bonds is 5. The molecule has 2 aromatic heterocycles. The molecule has 4 heterocycles. The van der Waals surface area contributed by atoms with Gasteiger partial charge in [-0.05, 0) is 37.1 Å². The van der Waals surface area contributed by atoms with Crippen LogP contribution in [-0.2, 0) is 11.3 Å². The molecular weight excluding hydrogens is 364 g/mol. The van der Waals surface area contributed by atoms with Crippen LogP contribution in [0.25, 0.3) is 10.6 Å². The second kappa shape index (κ2) is 6.86. The minimum Gasteiger partial charge on any atom is -0.454 e. The maximum Gasteiger partial charge on any atom is 0.231 e. The summed E-state index contributed by atoms with van der Waals surface area (Å²) in [6, 6.07) is 8.38. The minimum absolute atomic E-state index is 0.293. The number of hydrogen-bond acceptors (Lipinski definition) is 7. The van der Waals surface area contributed by atoms with Crippen molar-refractivity contribution in [2.24, 2.45) is 0 Å². The van der Waals surface area contributed by atoms with Crippen molar-refractivity contribution >= 4 is 16.5 Å². The van der Waals surface area contributed by atoms with Crippen LogP contribution in [0.15, 0.2) is 30.5 Å². The average Bonchev–Trinajstić information content (AvgIpc) is 3.44.